The van der Waals surface area contributed by atoms with Gasteiger partial charge >= 0.3 is 6.09 Å². The highest BCUT2D eigenvalue weighted by atomic mass is 32.1. The third-order valence-corrected chi connectivity index (χ3v) is 6.24. The van der Waals surface area contributed by atoms with Gasteiger partial charge in [-0.1, -0.05) is 6.07 Å². The lowest BCUT2D eigenvalue weighted by molar-refractivity contribution is -0.111. The number of carbonyl (C=O) groups excluding carboxylic acids is 2. The van der Waals surface area contributed by atoms with E-state index in [2.05, 4.69) is 16.4 Å². The minimum Gasteiger partial charge on any atom is -0.446 e. The van der Waals surface area contributed by atoms with Crippen LogP contribution in [0.3, 0.4) is 0 Å². The molecule has 2 amide bonds. The molecule has 2 aromatic heterocycles. The minimum atomic E-state index is -0.468. The summed E-state index contributed by atoms with van der Waals surface area (Å²) in [7, 11) is 0. The van der Waals surface area contributed by atoms with E-state index >= 15 is 0 Å². The van der Waals surface area contributed by atoms with E-state index in [4.69, 9.17) is 4.74 Å². The highest BCUT2D eigenvalue weighted by Crippen LogP contribution is 2.38. The molecule has 0 saturated carbocycles. The van der Waals surface area contributed by atoms with E-state index in [1.807, 2.05) is 6.07 Å². The highest BCUT2D eigenvalue weighted by Gasteiger charge is 2.33. The van der Waals surface area contributed by atoms with Gasteiger partial charge in [-0.05, 0) is 36.1 Å². The molecule has 8 nitrogen and oxygen atoms in total. The van der Waals surface area contributed by atoms with Crippen LogP contribution in [0.1, 0.15) is 28.0 Å². The maximum absolute atomic E-state index is 12.3. The first-order valence-corrected chi connectivity index (χ1v) is 10.4. The molecule has 1 saturated heterocycles. The molecule has 4 rings (SSSR count). The molecule has 1 fully saturated rings. The number of ether oxygens (including phenoxy) is 1. The molecule has 0 radical (unpaired) electrons. The molecule has 3 heterocycles. The predicted molar refractivity (Wildman–Crippen MR) is 111 cm³/mol. The van der Waals surface area contributed by atoms with Gasteiger partial charge in [0.05, 0.1) is 24.8 Å². The number of hydrogen-bond acceptors (Lipinski definition) is 7. The first kappa shape index (κ1) is 20.1. The van der Waals surface area contributed by atoms with Crippen molar-refractivity contribution in [3.63, 3.8) is 0 Å². The highest BCUT2D eigenvalue weighted by molar-refractivity contribution is 7.16. The molecule has 30 heavy (non-hydrogen) atoms. The summed E-state index contributed by atoms with van der Waals surface area (Å²) in [5.74, 6) is -0.326. The summed E-state index contributed by atoms with van der Waals surface area (Å²) in [6.07, 6.45) is 6.95. The average molecular weight is 424 g/mol. The van der Waals surface area contributed by atoms with E-state index in [1.165, 1.54) is 22.3 Å². The van der Waals surface area contributed by atoms with Gasteiger partial charge in [0.1, 0.15) is 17.2 Å². The van der Waals surface area contributed by atoms with Gasteiger partial charge in [0.15, 0.2) is 0 Å². The largest absolute Gasteiger partial charge is 0.446 e. The number of rotatable bonds is 4. The second kappa shape index (κ2) is 8.65. The molecule has 0 aromatic carbocycles. The lowest BCUT2D eigenvalue weighted by Crippen LogP contribution is -2.54. The summed E-state index contributed by atoms with van der Waals surface area (Å²) in [4.78, 5) is 30.8. The van der Waals surface area contributed by atoms with Crippen LogP contribution in [-0.4, -0.2) is 52.3 Å². The predicted octanol–water partition coefficient (Wildman–Crippen LogP) is 2.34. The van der Waals surface area contributed by atoms with Crippen LogP contribution in [0.2, 0.25) is 0 Å². The SMILES string of the molecule is N#Cc1c(NC(=O)C=Cc2cccnc2)sc2c1CCC(OC(=O)N1CC(O)C1)C2. The number of nitrogens with one attached hydrogen (secondary N) is 1. The molecule has 2 N–H and O–H groups in total. The normalized spacial score (nSPS) is 18.4. The Morgan fingerprint density at radius 3 is 2.97 bits per heavy atom. The van der Waals surface area contributed by atoms with Crippen LogP contribution in [0.5, 0.6) is 0 Å². The number of β-amino-alcohol motifs (C(OH)–C–C–N with tert-alkyl or cyclic N) is 1. The third-order valence-electron chi connectivity index (χ3n) is 5.07. The monoisotopic (exact) mass is 424 g/mol. The first-order valence-electron chi connectivity index (χ1n) is 9.61. The van der Waals surface area contributed by atoms with E-state index < -0.39 is 12.2 Å². The molecule has 1 aliphatic heterocycles. The summed E-state index contributed by atoms with van der Waals surface area (Å²) in [5.41, 5.74) is 2.20. The number of nitrogens with zero attached hydrogens (tertiary/aromatic N) is 3. The molecule has 1 unspecified atom stereocenters. The third kappa shape index (κ3) is 4.35. The smallest absolute Gasteiger partial charge is 0.410 e. The van der Waals surface area contributed by atoms with Gasteiger partial charge in [-0.2, -0.15) is 5.26 Å². The molecule has 2 aliphatic rings. The Kier molecular flexibility index (Phi) is 5.79. The van der Waals surface area contributed by atoms with Crippen molar-refractivity contribution in [2.45, 2.75) is 31.5 Å². The number of aliphatic hydroxyl groups is 1. The van der Waals surface area contributed by atoms with Crippen molar-refractivity contribution >= 4 is 34.4 Å². The number of carbonyl (C=O) groups is 2. The zero-order valence-corrected chi connectivity index (χ0v) is 16.9. The Morgan fingerprint density at radius 2 is 2.27 bits per heavy atom. The van der Waals surface area contributed by atoms with Crippen LogP contribution >= 0.6 is 11.3 Å². The second-order valence-electron chi connectivity index (χ2n) is 7.24. The number of aliphatic hydroxyl groups excluding tert-OH is 1. The van der Waals surface area contributed by atoms with Gasteiger partial charge in [0, 0.05) is 29.8 Å². The van der Waals surface area contributed by atoms with Crippen molar-refractivity contribution in [1.82, 2.24) is 9.88 Å². The Hall–Kier alpha value is -3.22. The fourth-order valence-corrected chi connectivity index (χ4v) is 4.75. The topological polar surface area (TPSA) is 116 Å². The fourth-order valence-electron chi connectivity index (χ4n) is 3.48. The van der Waals surface area contributed by atoms with Crippen molar-refractivity contribution in [1.29, 1.82) is 5.26 Å². The van der Waals surface area contributed by atoms with Crippen LogP contribution < -0.4 is 5.32 Å². The Labute approximate surface area is 177 Å². The van der Waals surface area contributed by atoms with Crippen LogP contribution in [0.25, 0.3) is 6.08 Å². The number of fused-ring (bicyclic) bond motifs is 1. The van der Waals surface area contributed by atoms with Crippen LogP contribution in [0.4, 0.5) is 9.80 Å². The first-order chi connectivity index (χ1) is 14.5. The van der Waals surface area contributed by atoms with E-state index in [1.54, 1.807) is 24.5 Å². The number of likely N-dealkylation sites (tertiary alicyclic amines) is 1. The zero-order chi connectivity index (χ0) is 21.1. The standard InChI is InChI=1S/C21H20N4O4S/c22-9-17-16-5-4-15(29-21(28)25-11-14(26)12-25)8-18(16)30-20(17)24-19(27)6-3-13-2-1-7-23-10-13/h1-3,6-7,10,14-15,26H,4-5,8,11-12H2,(H,24,27). The number of aromatic nitrogens is 1. The molecule has 2 aromatic rings. The summed E-state index contributed by atoms with van der Waals surface area (Å²) in [5, 5.41) is 22.2. The average Bonchev–Trinajstić information content (AvgIpc) is 3.06. The summed E-state index contributed by atoms with van der Waals surface area (Å²) < 4.78 is 5.55. The van der Waals surface area contributed by atoms with Gasteiger partial charge in [-0.25, -0.2) is 4.79 Å². The van der Waals surface area contributed by atoms with Gasteiger partial charge in [-0.15, -0.1) is 11.3 Å². The summed E-state index contributed by atoms with van der Waals surface area (Å²) in [6.45, 7) is 0.605. The van der Waals surface area contributed by atoms with Gasteiger partial charge in [-0.3, -0.25) is 9.78 Å². The number of hydrogen-bond donors (Lipinski definition) is 2. The number of thiophene rings is 1. The molecule has 1 atom stereocenters. The summed E-state index contributed by atoms with van der Waals surface area (Å²) in [6, 6.07) is 5.82. The summed E-state index contributed by atoms with van der Waals surface area (Å²) >= 11 is 1.35. The van der Waals surface area contributed by atoms with E-state index in [0.29, 0.717) is 42.9 Å². The van der Waals surface area contributed by atoms with Gasteiger partial charge in [0.25, 0.3) is 0 Å². The Bertz CT molecular complexity index is 1020. The van der Waals surface area contributed by atoms with E-state index in [-0.39, 0.29) is 12.0 Å². The maximum atomic E-state index is 12.3. The van der Waals surface area contributed by atoms with E-state index in [9.17, 15) is 20.0 Å². The molecule has 0 spiro atoms. The van der Waals surface area contributed by atoms with E-state index in [0.717, 1.165) is 16.0 Å². The molecular formula is C21H20N4O4S. The van der Waals surface area contributed by atoms with Crippen molar-refractivity contribution in [2.24, 2.45) is 0 Å². The second-order valence-corrected chi connectivity index (χ2v) is 8.34. The van der Waals surface area contributed by atoms with Gasteiger partial charge < -0.3 is 20.1 Å². The zero-order valence-electron chi connectivity index (χ0n) is 16.1. The number of nitriles is 1. The van der Waals surface area contributed by atoms with Crippen molar-refractivity contribution in [2.75, 3.05) is 18.4 Å². The van der Waals surface area contributed by atoms with Gasteiger partial charge in [0.2, 0.25) is 5.91 Å². The molecule has 9 heteroatoms. The molecule has 0 bridgehead atoms. The van der Waals surface area contributed by atoms with Crippen molar-refractivity contribution < 1.29 is 19.4 Å². The maximum Gasteiger partial charge on any atom is 0.410 e. The fraction of sp³-hybridized carbons (Fsp3) is 0.333. The molecule has 1 aliphatic carbocycles. The number of anilines is 1. The number of pyridine rings is 1. The Morgan fingerprint density at radius 1 is 1.43 bits per heavy atom. The Balaban J connectivity index is 1.41. The lowest BCUT2D eigenvalue weighted by Gasteiger charge is -2.36. The lowest BCUT2D eigenvalue weighted by atomic mass is 9.94. The van der Waals surface area contributed by atoms with Crippen molar-refractivity contribution in [3.05, 3.63) is 52.2 Å². The number of amides is 2. The quantitative estimate of drug-likeness (QED) is 0.728. The van der Waals surface area contributed by atoms with Crippen LogP contribution in [-0.2, 0) is 22.4 Å². The van der Waals surface area contributed by atoms with Crippen LogP contribution in [0, 0.1) is 11.3 Å². The van der Waals surface area contributed by atoms with Crippen LogP contribution in [0.15, 0.2) is 30.6 Å². The molecular weight excluding hydrogens is 404 g/mol. The van der Waals surface area contributed by atoms with Crippen molar-refractivity contribution in [3.8, 4) is 6.07 Å². The minimum absolute atomic E-state index is 0.276. The molecule has 154 valence electrons.